The number of hydrogen-bond acceptors (Lipinski definition) is 7. The number of carbonyl (C=O) groups is 3. The summed E-state index contributed by atoms with van der Waals surface area (Å²) in [4.78, 5) is 35.2. The molecule has 9 nitrogen and oxygen atoms in total. The van der Waals surface area contributed by atoms with E-state index >= 15 is 0 Å². The standard InChI is InChI=1S/C14H23N5O4/c1-8(15)18-13(21)11(19-16)7-17-12(20)9-3-5-10(6-4-9)14(22)23-2/h9-10H,1,3-7,15-16H2,2H3,(H,17,20)(H,18,21)/b19-11-. The zero-order valence-corrected chi connectivity index (χ0v) is 13.1. The van der Waals surface area contributed by atoms with Gasteiger partial charge in [0.2, 0.25) is 5.91 Å². The molecule has 1 aliphatic rings. The number of nitrogens with two attached hydrogens (primary N) is 2. The number of rotatable bonds is 6. The Balaban J connectivity index is 2.44. The molecule has 0 bridgehead atoms. The molecule has 1 fully saturated rings. The van der Waals surface area contributed by atoms with Gasteiger partial charge in [0.25, 0.3) is 5.91 Å². The van der Waals surface area contributed by atoms with E-state index in [9.17, 15) is 14.4 Å². The average molecular weight is 325 g/mol. The van der Waals surface area contributed by atoms with Crippen molar-refractivity contribution in [2.45, 2.75) is 25.7 Å². The maximum Gasteiger partial charge on any atom is 0.308 e. The van der Waals surface area contributed by atoms with Gasteiger partial charge in [0, 0.05) is 5.92 Å². The molecular formula is C14H23N5O4. The molecule has 0 unspecified atom stereocenters. The molecule has 1 aliphatic carbocycles. The summed E-state index contributed by atoms with van der Waals surface area (Å²) in [6.07, 6.45) is 2.39. The van der Waals surface area contributed by atoms with Gasteiger partial charge in [-0.1, -0.05) is 6.58 Å². The van der Waals surface area contributed by atoms with Crippen LogP contribution in [0.5, 0.6) is 0 Å². The first-order valence-electron chi connectivity index (χ1n) is 7.27. The molecule has 0 aliphatic heterocycles. The first kappa shape index (κ1) is 18.5. The Labute approximate surface area is 134 Å². The molecule has 0 aromatic heterocycles. The van der Waals surface area contributed by atoms with Crippen molar-refractivity contribution < 1.29 is 19.1 Å². The highest BCUT2D eigenvalue weighted by molar-refractivity contribution is 6.40. The maximum atomic E-state index is 12.1. The van der Waals surface area contributed by atoms with E-state index in [2.05, 4.69) is 22.3 Å². The largest absolute Gasteiger partial charge is 0.469 e. The predicted molar refractivity (Wildman–Crippen MR) is 83.6 cm³/mol. The minimum atomic E-state index is -0.616. The first-order chi connectivity index (χ1) is 10.9. The van der Waals surface area contributed by atoms with Crippen molar-refractivity contribution in [3.8, 4) is 0 Å². The van der Waals surface area contributed by atoms with Gasteiger partial charge in [-0.3, -0.25) is 14.4 Å². The Bertz CT molecular complexity index is 509. The molecule has 0 atom stereocenters. The molecule has 1 rings (SSSR count). The summed E-state index contributed by atoms with van der Waals surface area (Å²) in [6, 6.07) is 0. The van der Waals surface area contributed by atoms with Gasteiger partial charge < -0.3 is 26.9 Å². The third-order valence-electron chi connectivity index (χ3n) is 3.75. The quantitative estimate of drug-likeness (QED) is 0.212. The zero-order chi connectivity index (χ0) is 17.4. The van der Waals surface area contributed by atoms with Gasteiger partial charge in [-0.15, -0.1) is 0 Å². The SMILES string of the molecule is C=C(N)NC(=O)/C(CNC(=O)C1CCC(C(=O)OC)CC1)=N\N. The number of hydrazone groups is 1. The fourth-order valence-corrected chi connectivity index (χ4v) is 2.48. The van der Waals surface area contributed by atoms with Crippen LogP contribution in [0, 0.1) is 11.8 Å². The van der Waals surface area contributed by atoms with Gasteiger partial charge in [0.05, 0.1) is 25.4 Å². The van der Waals surface area contributed by atoms with Crippen molar-refractivity contribution in [1.82, 2.24) is 10.6 Å². The summed E-state index contributed by atoms with van der Waals surface area (Å²) < 4.78 is 4.71. The number of nitrogens with one attached hydrogen (secondary N) is 2. The van der Waals surface area contributed by atoms with Gasteiger partial charge >= 0.3 is 5.97 Å². The van der Waals surface area contributed by atoms with Gasteiger partial charge in [0.15, 0.2) is 0 Å². The van der Waals surface area contributed by atoms with Crippen LogP contribution in [-0.2, 0) is 19.1 Å². The average Bonchev–Trinajstić information content (AvgIpc) is 2.53. The van der Waals surface area contributed by atoms with E-state index in [1.165, 1.54) is 7.11 Å². The van der Waals surface area contributed by atoms with Crippen LogP contribution in [0.25, 0.3) is 0 Å². The molecule has 0 radical (unpaired) electrons. The third-order valence-corrected chi connectivity index (χ3v) is 3.75. The van der Waals surface area contributed by atoms with E-state index in [-0.39, 0.29) is 41.8 Å². The Morgan fingerprint density at radius 1 is 1.22 bits per heavy atom. The van der Waals surface area contributed by atoms with Crippen LogP contribution >= 0.6 is 0 Å². The number of ether oxygens (including phenoxy) is 1. The molecule has 1 saturated carbocycles. The second-order valence-electron chi connectivity index (χ2n) is 5.34. The summed E-state index contributed by atoms with van der Waals surface area (Å²) in [7, 11) is 1.36. The molecule has 9 heteroatoms. The highest BCUT2D eigenvalue weighted by Crippen LogP contribution is 2.29. The summed E-state index contributed by atoms with van der Waals surface area (Å²) in [6.45, 7) is 3.23. The number of esters is 1. The molecule has 0 heterocycles. The smallest absolute Gasteiger partial charge is 0.308 e. The fraction of sp³-hybridized carbons (Fsp3) is 0.571. The number of carbonyl (C=O) groups excluding carboxylic acids is 3. The predicted octanol–water partition coefficient (Wildman–Crippen LogP) is -1.06. The van der Waals surface area contributed by atoms with E-state index in [0.717, 1.165) is 0 Å². The van der Waals surface area contributed by atoms with Crippen LogP contribution < -0.4 is 22.2 Å². The van der Waals surface area contributed by atoms with Crippen molar-refractivity contribution >= 4 is 23.5 Å². The highest BCUT2D eigenvalue weighted by atomic mass is 16.5. The van der Waals surface area contributed by atoms with Gasteiger partial charge in [0.1, 0.15) is 5.71 Å². The topological polar surface area (TPSA) is 149 Å². The zero-order valence-electron chi connectivity index (χ0n) is 13.1. The molecule has 23 heavy (non-hydrogen) atoms. The van der Waals surface area contributed by atoms with Crippen LogP contribution in [0.3, 0.4) is 0 Å². The van der Waals surface area contributed by atoms with E-state index in [1.807, 2.05) is 0 Å². The van der Waals surface area contributed by atoms with Crippen molar-refractivity contribution in [2.24, 2.45) is 28.5 Å². The monoisotopic (exact) mass is 325 g/mol. The molecule has 2 amide bonds. The summed E-state index contributed by atoms with van der Waals surface area (Å²) in [5.41, 5.74) is 5.20. The second-order valence-corrected chi connectivity index (χ2v) is 5.34. The summed E-state index contributed by atoms with van der Waals surface area (Å²) in [5.74, 6) is 3.69. The molecule has 0 saturated heterocycles. The van der Waals surface area contributed by atoms with Crippen molar-refractivity contribution in [3.63, 3.8) is 0 Å². The number of methoxy groups -OCH3 is 1. The highest BCUT2D eigenvalue weighted by Gasteiger charge is 2.30. The number of amides is 2. The van der Waals surface area contributed by atoms with Crippen LogP contribution in [0.1, 0.15) is 25.7 Å². The van der Waals surface area contributed by atoms with Gasteiger partial charge in [-0.25, -0.2) is 0 Å². The number of hydrogen-bond donors (Lipinski definition) is 4. The lowest BCUT2D eigenvalue weighted by Gasteiger charge is -2.26. The van der Waals surface area contributed by atoms with E-state index in [0.29, 0.717) is 25.7 Å². The molecule has 0 spiro atoms. The minimum Gasteiger partial charge on any atom is -0.469 e. The van der Waals surface area contributed by atoms with Crippen molar-refractivity contribution in [1.29, 1.82) is 0 Å². The molecule has 6 N–H and O–H groups in total. The van der Waals surface area contributed by atoms with Crippen LogP contribution in [-0.4, -0.2) is 37.1 Å². The van der Waals surface area contributed by atoms with Crippen LogP contribution in [0.15, 0.2) is 17.5 Å². The van der Waals surface area contributed by atoms with Crippen LogP contribution in [0.4, 0.5) is 0 Å². The minimum absolute atomic E-state index is 0.0383. The molecule has 0 aromatic carbocycles. The Hall–Kier alpha value is -2.58. The summed E-state index contributed by atoms with van der Waals surface area (Å²) >= 11 is 0. The lowest BCUT2D eigenvalue weighted by molar-refractivity contribution is -0.147. The van der Waals surface area contributed by atoms with E-state index < -0.39 is 5.91 Å². The van der Waals surface area contributed by atoms with Gasteiger partial charge in [-0.2, -0.15) is 5.10 Å². The summed E-state index contributed by atoms with van der Waals surface area (Å²) in [5, 5.41) is 8.21. The normalized spacial score (nSPS) is 21.2. The molecular weight excluding hydrogens is 302 g/mol. The van der Waals surface area contributed by atoms with E-state index in [4.69, 9.17) is 16.3 Å². The lowest BCUT2D eigenvalue weighted by Crippen LogP contribution is -2.43. The van der Waals surface area contributed by atoms with E-state index in [1.54, 1.807) is 0 Å². The number of nitrogens with zero attached hydrogens (tertiary/aromatic N) is 1. The fourth-order valence-electron chi connectivity index (χ4n) is 2.48. The Kier molecular flexibility index (Phi) is 7.04. The second kappa shape index (κ2) is 8.76. The maximum absolute atomic E-state index is 12.1. The first-order valence-corrected chi connectivity index (χ1v) is 7.27. The van der Waals surface area contributed by atoms with Crippen molar-refractivity contribution in [2.75, 3.05) is 13.7 Å². The Morgan fingerprint density at radius 2 is 1.78 bits per heavy atom. The molecule has 128 valence electrons. The third kappa shape index (κ3) is 5.61. The van der Waals surface area contributed by atoms with Gasteiger partial charge in [-0.05, 0) is 25.7 Å². The van der Waals surface area contributed by atoms with Crippen LogP contribution in [0.2, 0.25) is 0 Å². The Morgan fingerprint density at radius 3 is 2.26 bits per heavy atom. The lowest BCUT2D eigenvalue weighted by atomic mass is 9.81. The van der Waals surface area contributed by atoms with Crippen molar-refractivity contribution in [3.05, 3.63) is 12.4 Å². The molecule has 0 aromatic rings.